The zero-order chi connectivity index (χ0) is 12.1. The van der Waals surface area contributed by atoms with Gasteiger partial charge in [-0.05, 0) is 42.0 Å². The molecule has 0 radical (unpaired) electrons. The van der Waals surface area contributed by atoms with Gasteiger partial charge in [0.15, 0.2) is 0 Å². The minimum atomic E-state index is 0.700. The van der Waals surface area contributed by atoms with E-state index in [9.17, 15) is 4.79 Å². The maximum Gasteiger partial charge on any atom is 0.150 e. The Balaban J connectivity index is 2.09. The molecule has 0 amide bonds. The van der Waals surface area contributed by atoms with Crippen LogP contribution in [0.3, 0.4) is 0 Å². The van der Waals surface area contributed by atoms with E-state index in [0.29, 0.717) is 5.56 Å². The van der Waals surface area contributed by atoms with Crippen LogP contribution in [0.25, 0.3) is 0 Å². The second kappa shape index (κ2) is 5.25. The monoisotopic (exact) mass is 226 g/mol. The molecule has 0 N–H and O–H groups in total. The summed E-state index contributed by atoms with van der Waals surface area (Å²) in [5.41, 5.74) is 3.00. The number of anilines is 1. The molecule has 1 heterocycles. The van der Waals surface area contributed by atoms with Crippen molar-refractivity contribution in [2.75, 3.05) is 11.9 Å². The molecule has 0 unspecified atom stereocenters. The maximum atomic E-state index is 10.6. The molecule has 0 saturated heterocycles. The third-order valence-electron chi connectivity index (χ3n) is 2.64. The van der Waals surface area contributed by atoms with Gasteiger partial charge in [-0.3, -0.25) is 9.78 Å². The topological polar surface area (TPSA) is 33.2 Å². The number of carbonyl (C=O) groups is 1. The minimum absolute atomic E-state index is 0.700. The molecule has 0 fully saturated rings. The van der Waals surface area contributed by atoms with Gasteiger partial charge in [0.05, 0.1) is 0 Å². The van der Waals surface area contributed by atoms with Crippen molar-refractivity contribution >= 4 is 12.0 Å². The second-order valence-electron chi connectivity index (χ2n) is 3.92. The predicted molar refractivity (Wildman–Crippen MR) is 68.2 cm³/mol. The number of pyridine rings is 1. The predicted octanol–water partition coefficient (Wildman–Crippen LogP) is 2.53. The molecule has 3 nitrogen and oxygen atoms in total. The number of aldehydes is 1. The summed E-state index contributed by atoms with van der Waals surface area (Å²) in [6.45, 7) is 0.822. The summed E-state index contributed by atoms with van der Waals surface area (Å²) in [7, 11) is 2.02. The van der Waals surface area contributed by atoms with Crippen LogP contribution in [0.15, 0.2) is 48.8 Å². The molecule has 0 aliphatic heterocycles. The van der Waals surface area contributed by atoms with Crippen molar-refractivity contribution in [3.05, 3.63) is 59.9 Å². The molecule has 0 aliphatic carbocycles. The highest BCUT2D eigenvalue weighted by atomic mass is 16.1. The fourth-order valence-corrected chi connectivity index (χ4v) is 1.66. The molecule has 0 aliphatic rings. The summed E-state index contributed by atoms with van der Waals surface area (Å²) in [4.78, 5) is 16.7. The van der Waals surface area contributed by atoms with E-state index in [4.69, 9.17) is 0 Å². The summed E-state index contributed by atoms with van der Waals surface area (Å²) in [6, 6.07) is 11.5. The standard InChI is InChI=1S/C14H14N2O/c1-16(10-12-6-8-15-9-7-12)14-4-2-13(11-17)3-5-14/h2-9,11H,10H2,1H3. The van der Waals surface area contributed by atoms with Crippen molar-refractivity contribution < 1.29 is 4.79 Å². The number of carbonyl (C=O) groups excluding carboxylic acids is 1. The molecule has 0 atom stereocenters. The number of aromatic nitrogens is 1. The first-order valence-corrected chi connectivity index (χ1v) is 5.45. The van der Waals surface area contributed by atoms with E-state index < -0.39 is 0 Å². The first-order valence-electron chi connectivity index (χ1n) is 5.45. The Morgan fingerprint density at radius 3 is 2.35 bits per heavy atom. The van der Waals surface area contributed by atoms with Crippen LogP contribution >= 0.6 is 0 Å². The Kier molecular flexibility index (Phi) is 3.50. The molecule has 1 aromatic carbocycles. The van der Waals surface area contributed by atoms with Gasteiger partial charge in [-0.25, -0.2) is 0 Å². The Bertz CT molecular complexity index is 479. The Morgan fingerprint density at radius 2 is 1.76 bits per heavy atom. The van der Waals surface area contributed by atoms with Gasteiger partial charge in [0, 0.05) is 37.2 Å². The summed E-state index contributed by atoms with van der Waals surface area (Å²) < 4.78 is 0. The van der Waals surface area contributed by atoms with Crippen molar-refractivity contribution in [1.29, 1.82) is 0 Å². The lowest BCUT2D eigenvalue weighted by molar-refractivity contribution is 0.112. The Morgan fingerprint density at radius 1 is 1.12 bits per heavy atom. The minimum Gasteiger partial charge on any atom is -0.370 e. The molecular weight excluding hydrogens is 212 g/mol. The zero-order valence-electron chi connectivity index (χ0n) is 9.71. The molecule has 2 aromatic rings. The van der Waals surface area contributed by atoms with Crippen molar-refractivity contribution in [1.82, 2.24) is 4.98 Å². The quantitative estimate of drug-likeness (QED) is 0.751. The fourth-order valence-electron chi connectivity index (χ4n) is 1.66. The van der Waals surface area contributed by atoms with Crippen LogP contribution in [0.1, 0.15) is 15.9 Å². The average Bonchev–Trinajstić information content (AvgIpc) is 2.40. The van der Waals surface area contributed by atoms with Crippen LogP contribution < -0.4 is 4.90 Å². The third-order valence-corrected chi connectivity index (χ3v) is 2.64. The van der Waals surface area contributed by atoms with Gasteiger partial charge in [-0.15, -0.1) is 0 Å². The van der Waals surface area contributed by atoms with Gasteiger partial charge in [0.1, 0.15) is 6.29 Å². The molecule has 0 bridgehead atoms. The number of benzene rings is 1. The van der Waals surface area contributed by atoms with E-state index in [1.807, 2.05) is 43.4 Å². The average molecular weight is 226 g/mol. The van der Waals surface area contributed by atoms with Gasteiger partial charge in [0.25, 0.3) is 0 Å². The molecule has 86 valence electrons. The maximum absolute atomic E-state index is 10.6. The number of hydrogen-bond acceptors (Lipinski definition) is 3. The molecule has 3 heteroatoms. The molecule has 2 rings (SSSR count). The summed E-state index contributed by atoms with van der Waals surface area (Å²) in [6.07, 6.45) is 4.43. The molecule has 17 heavy (non-hydrogen) atoms. The smallest absolute Gasteiger partial charge is 0.150 e. The number of rotatable bonds is 4. The lowest BCUT2D eigenvalue weighted by Gasteiger charge is -2.19. The van der Waals surface area contributed by atoms with Crippen molar-refractivity contribution in [2.24, 2.45) is 0 Å². The summed E-state index contributed by atoms with van der Waals surface area (Å²) in [5, 5.41) is 0. The highest BCUT2D eigenvalue weighted by Gasteiger charge is 2.01. The molecule has 0 spiro atoms. The lowest BCUT2D eigenvalue weighted by atomic mass is 10.2. The largest absolute Gasteiger partial charge is 0.370 e. The van der Waals surface area contributed by atoms with Crippen LogP contribution in [0, 0.1) is 0 Å². The van der Waals surface area contributed by atoms with E-state index >= 15 is 0 Å². The van der Waals surface area contributed by atoms with Crippen LogP contribution in [0.4, 0.5) is 5.69 Å². The van der Waals surface area contributed by atoms with Crippen LogP contribution in [-0.2, 0) is 6.54 Å². The van der Waals surface area contributed by atoms with Crippen molar-refractivity contribution in [3.63, 3.8) is 0 Å². The van der Waals surface area contributed by atoms with Gasteiger partial charge in [0.2, 0.25) is 0 Å². The van der Waals surface area contributed by atoms with E-state index in [1.54, 1.807) is 12.4 Å². The van der Waals surface area contributed by atoms with Crippen LogP contribution in [0.5, 0.6) is 0 Å². The van der Waals surface area contributed by atoms with Crippen LogP contribution in [0.2, 0.25) is 0 Å². The SMILES string of the molecule is CN(Cc1ccncc1)c1ccc(C=O)cc1. The first kappa shape index (κ1) is 11.3. The van der Waals surface area contributed by atoms with E-state index in [0.717, 1.165) is 18.5 Å². The first-order chi connectivity index (χ1) is 8.29. The number of hydrogen-bond donors (Lipinski definition) is 0. The Hall–Kier alpha value is -2.16. The Labute approximate surface area is 101 Å². The highest BCUT2D eigenvalue weighted by molar-refractivity contribution is 5.75. The van der Waals surface area contributed by atoms with Crippen molar-refractivity contribution in [3.8, 4) is 0 Å². The molecular formula is C14H14N2O. The normalized spacial score (nSPS) is 9.94. The molecule has 1 aromatic heterocycles. The van der Waals surface area contributed by atoms with Gasteiger partial charge in [-0.1, -0.05) is 0 Å². The van der Waals surface area contributed by atoms with Gasteiger partial charge in [-0.2, -0.15) is 0 Å². The summed E-state index contributed by atoms with van der Waals surface area (Å²) in [5.74, 6) is 0. The van der Waals surface area contributed by atoms with E-state index in [-0.39, 0.29) is 0 Å². The van der Waals surface area contributed by atoms with Crippen molar-refractivity contribution in [2.45, 2.75) is 6.54 Å². The zero-order valence-corrected chi connectivity index (χ0v) is 9.71. The lowest BCUT2D eigenvalue weighted by Crippen LogP contribution is -2.16. The molecule has 0 saturated carbocycles. The second-order valence-corrected chi connectivity index (χ2v) is 3.92. The van der Waals surface area contributed by atoms with Crippen LogP contribution in [-0.4, -0.2) is 18.3 Å². The summed E-state index contributed by atoms with van der Waals surface area (Å²) >= 11 is 0. The highest BCUT2D eigenvalue weighted by Crippen LogP contribution is 2.15. The fraction of sp³-hybridized carbons (Fsp3) is 0.143. The van der Waals surface area contributed by atoms with E-state index in [2.05, 4.69) is 9.88 Å². The van der Waals surface area contributed by atoms with E-state index in [1.165, 1.54) is 5.56 Å². The number of nitrogens with zero attached hydrogens (tertiary/aromatic N) is 2. The van der Waals surface area contributed by atoms with Gasteiger partial charge >= 0.3 is 0 Å². The third kappa shape index (κ3) is 2.91. The van der Waals surface area contributed by atoms with Gasteiger partial charge < -0.3 is 4.90 Å².